The maximum atomic E-state index is 6.32. The fourth-order valence-electron chi connectivity index (χ4n) is 4.50. The van der Waals surface area contributed by atoms with Crippen molar-refractivity contribution in [1.29, 1.82) is 0 Å². The molecule has 5 heterocycles. The molecule has 6 rings (SSSR count). The fraction of sp³-hybridized carbons (Fsp3) is 0.600. The van der Waals surface area contributed by atoms with Gasteiger partial charge in [-0.1, -0.05) is 11.3 Å². The summed E-state index contributed by atoms with van der Waals surface area (Å²) in [6, 6.07) is 0. The van der Waals surface area contributed by atoms with E-state index in [0.717, 1.165) is 21.6 Å². The summed E-state index contributed by atoms with van der Waals surface area (Å²) in [5.74, 6) is 2.33. The molecule has 2 aromatic rings. The fourth-order valence-corrected chi connectivity index (χ4v) is 5.29. The van der Waals surface area contributed by atoms with Crippen LogP contribution in [0.4, 0.5) is 0 Å². The number of hydrogen-bond acceptors (Lipinski definition) is 5. The van der Waals surface area contributed by atoms with Crippen LogP contribution < -0.4 is 4.74 Å². The highest BCUT2D eigenvalue weighted by Gasteiger charge is 2.48. The van der Waals surface area contributed by atoms with Crippen molar-refractivity contribution in [3.8, 4) is 15.6 Å². The molecule has 2 aromatic heterocycles. The molecule has 0 spiro atoms. The molecule has 4 aliphatic rings. The molecule has 21 heavy (non-hydrogen) atoms. The number of hydrogen-bond donors (Lipinski definition) is 1. The van der Waals surface area contributed by atoms with Gasteiger partial charge in [-0.3, -0.25) is 5.10 Å². The average molecular weight is 302 g/mol. The highest BCUT2D eigenvalue weighted by atomic mass is 32.1. The standard InChI is InChI=1S/C15H18N4OS/c1-9-2-11-8-19(6-9)7-10(1)14(11)20-15-16-5-13(21-15)12-3-17-18-4-12/h3-5,9-11,14H,1-2,6-8H2,(H,17,18)/t9?,10-,11-,14?/m0/s1. The van der Waals surface area contributed by atoms with E-state index in [1.807, 2.05) is 18.6 Å². The van der Waals surface area contributed by atoms with Crippen molar-refractivity contribution in [1.82, 2.24) is 20.1 Å². The summed E-state index contributed by atoms with van der Waals surface area (Å²) in [7, 11) is 0. The van der Waals surface area contributed by atoms with Gasteiger partial charge in [0, 0.05) is 49.4 Å². The van der Waals surface area contributed by atoms with Gasteiger partial charge in [-0.05, 0) is 18.8 Å². The van der Waals surface area contributed by atoms with E-state index >= 15 is 0 Å². The van der Waals surface area contributed by atoms with Gasteiger partial charge in [-0.25, -0.2) is 4.98 Å². The van der Waals surface area contributed by atoms with Crippen molar-refractivity contribution in [2.45, 2.75) is 18.9 Å². The minimum Gasteiger partial charge on any atom is -0.466 e. The monoisotopic (exact) mass is 302 g/mol. The summed E-state index contributed by atoms with van der Waals surface area (Å²) in [4.78, 5) is 8.21. The molecule has 110 valence electrons. The summed E-state index contributed by atoms with van der Waals surface area (Å²) in [5, 5.41) is 7.65. The minimum absolute atomic E-state index is 0.376. The van der Waals surface area contributed by atoms with Gasteiger partial charge in [0.15, 0.2) is 0 Å². The number of rotatable bonds is 3. The summed E-state index contributed by atoms with van der Waals surface area (Å²) in [5.41, 5.74) is 1.08. The minimum atomic E-state index is 0.376. The van der Waals surface area contributed by atoms with E-state index in [1.54, 1.807) is 11.3 Å². The molecule has 4 bridgehead atoms. The highest BCUT2D eigenvalue weighted by molar-refractivity contribution is 7.16. The van der Waals surface area contributed by atoms with Crippen LogP contribution in [-0.2, 0) is 0 Å². The zero-order chi connectivity index (χ0) is 13.8. The molecule has 0 amide bonds. The van der Waals surface area contributed by atoms with E-state index in [2.05, 4.69) is 20.1 Å². The van der Waals surface area contributed by atoms with Crippen LogP contribution in [-0.4, -0.2) is 45.8 Å². The number of thiazole rings is 1. The van der Waals surface area contributed by atoms with Gasteiger partial charge in [0.2, 0.25) is 0 Å². The van der Waals surface area contributed by atoms with Crippen molar-refractivity contribution in [3.05, 3.63) is 18.6 Å². The number of ether oxygens (including phenoxy) is 1. The molecular weight excluding hydrogens is 284 g/mol. The number of piperidine rings is 3. The quantitative estimate of drug-likeness (QED) is 0.945. The second kappa shape index (κ2) is 4.55. The van der Waals surface area contributed by atoms with Gasteiger partial charge in [0.25, 0.3) is 5.19 Å². The van der Waals surface area contributed by atoms with Crippen LogP contribution in [0.25, 0.3) is 10.4 Å². The van der Waals surface area contributed by atoms with E-state index in [-0.39, 0.29) is 0 Å². The van der Waals surface area contributed by atoms with Crippen LogP contribution >= 0.6 is 11.3 Å². The first-order chi connectivity index (χ1) is 10.3. The van der Waals surface area contributed by atoms with Gasteiger partial charge in [0.1, 0.15) is 6.10 Å². The van der Waals surface area contributed by atoms with Gasteiger partial charge in [0.05, 0.1) is 11.1 Å². The van der Waals surface area contributed by atoms with E-state index in [4.69, 9.17) is 4.74 Å². The number of aromatic amines is 1. The topological polar surface area (TPSA) is 54.0 Å². The molecule has 1 N–H and O–H groups in total. The van der Waals surface area contributed by atoms with Crippen molar-refractivity contribution in [3.63, 3.8) is 0 Å². The Morgan fingerprint density at radius 2 is 2.05 bits per heavy atom. The second-order valence-electron chi connectivity index (χ2n) is 6.64. The molecule has 5 nitrogen and oxygen atoms in total. The van der Waals surface area contributed by atoms with Gasteiger partial charge < -0.3 is 9.64 Å². The van der Waals surface area contributed by atoms with Gasteiger partial charge in [-0.15, -0.1) is 0 Å². The zero-order valence-corrected chi connectivity index (χ0v) is 12.6. The predicted octanol–water partition coefficient (Wildman–Crippen LogP) is 2.25. The lowest BCUT2D eigenvalue weighted by Gasteiger charge is -2.55. The highest BCUT2D eigenvalue weighted by Crippen LogP contribution is 2.45. The Balaban J connectivity index is 1.36. The van der Waals surface area contributed by atoms with Crippen LogP contribution in [0.2, 0.25) is 0 Å². The smallest absolute Gasteiger partial charge is 0.274 e. The summed E-state index contributed by atoms with van der Waals surface area (Å²) < 4.78 is 6.32. The molecule has 0 aromatic carbocycles. The first kappa shape index (κ1) is 12.2. The maximum absolute atomic E-state index is 6.32. The van der Waals surface area contributed by atoms with Crippen molar-refractivity contribution < 1.29 is 4.74 Å². The molecule has 1 aliphatic carbocycles. The van der Waals surface area contributed by atoms with Gasteiger partial charge >= 0.3 is 0 Å². The zero-order valence-electron chi connectivity index (χ0n) is 11.7. The van der Waals surface area contributed by atoms with Crippen LogP contribution in [0.15, 0.2) is 18.6 Å². The molecule has 2 atom stereocenters. The van der Waals surface area contributed by atoms with Crippen LogP contribution in [0.5, 0.6) is 5.19 Å². The van der Waals surface area contributed by atoms with Crippen molar-refractivity contribution in [2.24, 2.45) is 17.8 Å². The number of nitrogens with zero attached hydrogens (tertiary/aromatic N) is 3. The second-order valence-corrected chi connectivity index (χ2v) is 7.63. The lowest BCUT2D eigenvalue weighted by Crippen LogP contribution is -2.61. The molecule has 3 aliphatic heterocycles. The van der Waals surface area contributed by atoms with Crippen molar-refractivity contribution in [2.75, 3.05) is 19.6 Å². The molecular formula is C15H18N4OS. The lowest BCUT2D eigenvalue weighted by molar-refractivity contribution is -0.0985. The molecule has 0 unspecified atom stereocenters. The largest absolute Gasteiger partial charge is 0.466 e. The Morgan fingerprint density at radius 3 is 2.76 bits per heavy atom. The molecule has 3 saturated heterocycles. The number of aromatic nitrogens is 3. The normalized spacial score (nSPS) is 37.0. The average Bonchev–Trinajstić information content (AvgIpc) is 3.13. The Labute approximate surface area is 127 Å². The maximum Gasteiger partial charge on any atom is 0.274 e. The first-order valence-electron chi connectivity index (χ1n) is 7.69. The summed E-state index contributed by atoms with van der Waals surface area (Å²) >= 11 is 1.63. The van der Waals surface area contributed by atoms with Crippen LogP contribution in [0, 0.1) is 17.8 Å². The third-order valence-corrected chi connectivity index (χ3v) is 6.14. The SMILES string of the molecule is c1n[nH]cc1-c1cnc(OC2[C@H]3CC4C[C@H]2CN(C4)C3)s1. The van der Waals surface area contributed by atoms with E-state index in [0.29, 0.717) is 17.9 Å². The van der Waals surface area contributed by atoms with Crippen molar-refractivity contribution >= 4 is 11.3 Å². The molecule has 1 saturated carbocycles. The third kappa shape index (κ3) is 2.00. The summed E-state index contributed by atoms with van der Waals surface area (Å²) in [6.45, 7) is 3.76. The molecule has 4 fully saturated rings. The first-order valence-corrected chi connectivity index (χ1v) is 8.51. The van der Waals surface area contributed by atoms with Crippen LogP contribution in [0.1, 0.15) is 12.8 Å². The third-order valence-electron chi connectivity index (χ3n) is 5.21. The Bertz CT molecular complexity index is 610. The Morgan fingerprint density at radius 1 is 1.19 bits per heavy atom. The van der Waals surface area contributed by atoms with E-state index < -0.39 is 0 Å². The lowest BCUT2D eigenvalue weighted by atomic mass is 9.66. The predicted molar refractivity (Wildman–Crippen MR) is 80.3 cm³/mol. The molecule has 6 heteroatoms. The molecule has 0 radical (unpaired) electrons. The Kier molecular flexibility index (Phi) is 2.64. The van der Waals surface area contributed by atoms with Gasteiger partial charge in [-0.2, -0.15) is 5.10 Å². The number of H-pyrrole nitrogens is 1. The van der Waals surface area contributed by atoms with E-state index in [1.165, 1.54) is 32.5 Å². The summed E-state index contributed by atoms with van der Waals surface area (Å²) in [6.07, 6.45) is 8.68. The van der Waals surface area contributed by atoms with E-state index in [9.17, 15) is 0 Å². The Hall–Kier alpha value is -1.40. The van der Waals surface area contributed by atoms with Crippen LogP contribution in [0.3, 0.4) is 0 Å². The number of nitrogens with one attached hydrogen (secondary N) is 1.